The van der Waals surface area contributed by atoms with Crippen LogP contribution in [0.5, 0.6) is 17.4 Å². The van der Waals surface area contributed by atoms with Crippen LogP contribution in [0.2, 0.25) is 0 Å². The van der Waals surface area contributed by atoms with Crippen molar-refractivity contribution in [1.82, 2.24) is 4.98 Å². The average molecular weight is 324 g/mol. The zero-order valence-corrected chi connectivity index (χ0v) is 13.1. The number of nitrogen functional groups attached to an aromatic ring is 1. The van der Waals surface area contributed by atoms with E-state index in [2.05, 4.69) is 4.98 Å². The van der Waals surface area contributed by atoms with Gasteiger partial charge in [-0.2, -0.15) is 0 Å². The SMILES string of the molecule is COc1cccc(OC)c1COc1ncccc1C(=N)N.Cl. The molecule has 0 unspecified atom stereocenters. The molecule has 3 N–H and O–H groups in total. The average Bonchev–Trinajstić information content (AvgIpc) is 2.52. The topological polar surface area (TPSA) is 90.5 Å². The Labute approximate surface area is 135 Å². The van der Waals surface area contributed by atoms with Crippen molar-refractivity contribution < 1.29 is 14.2 Å². The highest BCUT2D eigenvalue weighted by Gasteiger charge is 2.13. The smallest absolute Gasteiger partial charge is 0.224 e. The first-order valence-electron chi connectivity index (χ1n) is 6.29. The minimum absolute atomic E-state index is 0. The number of ether oxygens (including phenoxy) is 3. The number of rotatable bonds is 6. The minimum Gasteiger partial charge on any atom is -0.496 e. The zero-order chi connectivity index (χ0) is 15.2. The van der Waals surface area contributed by atoms with E-state index in [0.29, 0.717) is 22.9 Å². The van der Waals surface area contributed by atoms with Crippen LogP contribution < -0.4 is 19.9 Å². The van der Waals surface area contributed by atoms with E-state index in [-0.39, 0.29) is 24.8 Å². The Balaban J connectivity index is 0.00000242. The van der Waals surface area contributed by atoms with Crippen LogP contribution in [0.3, 0.4) is 0 Å². The van der Waals surface area contributed by atoms with Crippen LogP contribution >= 0.6 is 12.4 Å². The molecule has 0 aliphatic heterocycles. The van der Waals surface area contributed by atoms with Crippen molar-refractivity contribution in [2.45, 2.75) is 6.61 Å². The first kappa shape index (κ1) is 17.6. The Morgan fingerprint density at radius 2 is 1.77 bits per heavy atom. The van der Waals surface area contributed by atoms with Gasteiger partial charge in [0.1, 0.15) is 23.9 Å². The Morgan fingerprint density at radius 1 is 1.14 bits per heavy atom. The summed E-state index contributed by atoms with van der Waals surface area (Å²) in [6.07, 6.45) is 1.58. The molecule has 0 bridgehead atoms. The van der Waals surface area contributed by atoms with Gasteiger partial charge in [-0.3, -0.25) is 5.41 Å². The molecular formula is C15H18ClN3O3. The van der Waals surface area contributed by atoms with Crippen molar-refractivity contribution in [3.63, 3.8) is 0 Å². The lowest BCUT2D eigenvalue weighted by Crippen LogP contribution is -2.14. The number of hydrogen-bond acceptors (Lipinski definition) is 5. The highest BCUT2D eigenvalue weighted by Crippen LogP contribution is 2.29. The zero-order valence-electron chi connectivity index (χ0n) is 12.3. The molecule has 0 saturated heterocycles. The fourth-order valence-electron chi connectivity index (χ4n) is 1.92. The van der Waals surface area contributed by atoms with E-state index >= 15 is 0 Å². The second-order valence-electron chi connectivity index (χ2n) is 4.20. The van der Waals surface area contributed by atoms with Crippen LogP contribution in [0, 0.1) is 5.41 Å². The molecule has 1 aromatic carbocycles. The van der Waals surface area contributed by atoms with Gasteiger partial charge >= 0.3 is 0 Å². The van der Waals surface area contributed by atoms with Gasteiger partial charge in [-0.05, 0) is 24.3 Å². The van der Waals surface area contributed by atoms with Crippen LogP contribution in [0.25, 0.3) is 0 Å². The van der Waals surface area contributed by atoms with Gasteiger partial charge in [-0.1, -0.05) is 6.07 Å². The fraction of sp³-hybridized carbons (Fsp3) is 0.200. The molecule has 0 spiro atoms. The third-order valence-electron chi connectivity index (χ3n) is 2.94. The van der Waals surface area contributed by atoms with Crippen molar-refractivity contribution >= 4 is 18.2 Å². The molecule has 6 nitrogen and oxygen atoms in total. The van der Waals surface area contributed by atoms with Gasteiger partial charge in [0.05, 0.1) is 25.3 Å². The summed E-state index contributed by atoms with van der Waals surface area (Å²) in [5.74, 6) is 1.53. The molecule has 7 heteroatoms. The van der Waals surface area contributed by atoms with Crippen LogP contribution in [0.4, 0.5) is 0 Å². The molecular weight excluding hydrogens is 306 g/mol. The number of halogens is 1. The normalized spacial score (nSPS) is 9.55. The number of benzene rings is 1. The summed E-state index contributed by atoms with van der Waals surface area (Å²) >= 11 is 0. The quantitative estimate of drug-likeness (QED) is 0.629. The van der Waals surface area contributed by atoms with Gasteiger partial charge in [-0.15, -0.1) is 12.4 Å². The monoisotopic (exact) mass is 323 g/mol. The molecule has 0 saturated carbocycles. The van der Waals surface area contributed by atoms with Gasteiger partial charge in [0.2, 0.25) is 5.88 Å². The van der Waals surface area contributed by atoms with Crippen molar-refractivity contribution in [3.8, 4) is 17.4 Å². The van der Waals surface area contributed by atoms with E-state index in [0.717, 1.165) is 5.56 Å². The molecule has 0 radical (unpaired) electrons. The van der Waals surface area contributed by atoms with Gasteiger partial charge in [0.25, 0.3) is 0 Å². The van der Waals surface area contributed by atoms with Crippen LogP contribution in [0.15, 0.2) is 36.5 Å². The molecule has 22 heavy (non-hydrogen) atoms. The maximum absolute atomic E-state index is 7.52. The van der Waals surface area contributed by atoms with Crippen LogP contribution in [-0.2, 0) is 6.61 Å². The number of nitrogens with one attached hydrogen (secondary N) is 1. The second-order valence-corrected chi connectivity index (χ2v) is 4.20. The number of aromatic nitrogens is 1. The maximum Gasteiger partial charge on any atom is 0.224 e. The number of pyridine rings is 1. The van der Waals surface area contributed by atoms with Gasteiger partial charge < -0.3 is 19.9 Å². The predicted molar refractivity (Wildman–Crippen MR) is 86.4 cm³/mol. The molecule has 0 fully saturated rings. The lowest BCUT2D eigenvalue weighted by Gasteiger charge is -2.14. The fourth-order valence-corrected chi connectivity index (χ4v) is 1.92. The molecule has 1 aromatic heterocycles. The van der Waals surface area contributed by atoms with Gasteiger partial charge in [-0.25, -0.2) is 4.98 Å². The molecule has 0 aliphatic rings. The molecule has 0 atom stereocenters. The van der Waals surface area contributed by atoms with E-state index in [9.17, 15) is 0 Å². The van der Waals surface area contributed by atoms with Crippen molar-refractivity contribution in [3.05, 3.63) is 47.7 Å². The number of amidine groups is 1. The summed E-state index contributed by atoms with van der Waals surface area (Å²) in [5, 5.41) is 7.52. The van der Waals surface area contributed by atoms with E-state index in [1.807, 2.05) is 18.2 Å². The van der Waals surface area contributed by atoms with E-state index < -0.39 is 0 Å². The predicted octanol–water partition coefficient (Wildman–Crippen LogP) is 2.38. The van der Waals surface area contributed by atoms with E-state index in [4.69, 9.17) is 25.4 Å². The first-order valence-corrected chi connectivity index (χ1v) is 6.29. The summed E-state index contributed by atoms with van der Waals surface area (Å²) < 4.78 is 16.3. The summed E-state index contributed by atoms with van der Waals surface area (Å²) in [7, 11) is 3.17. The standard InChI is InChI=1S/C15H17N3O3.ClH/c1-19-12-6-3-7-13(20-2)11(12)9-21-15-10(14(16)17)5-4-8-18-15;/h3-8H,9H2,1-2H3,(H3,16,17);1H. The van der Waals surface area contributed by atoms with E-state index in [1.54, 1.807) is 32.5 Å². The Bertz CT molecular complexity index is 627. The van der Waals surface area contributed by atoms with Gasteiger partial charge in [0, 0.05) is 6.20 Å². The third kappa shape index (κ3) is 3.79. The largest absolute Gasteiger partial charge is 0.496 e. The second kappa shape index (κ2) is 8.09. The number of nitrogens with zero attached hydrogens (tertiary/aromatic N) is 1. The number of nitrogens with two attached hydrogens (primary N) is 1. The summed E-state index contributed by atoms with van der Waals surface area (Å²) in [4.78, 5) is 4.10. The number of methoxy groups -OCH3 is 2. The molecule has 1 heterocycles. The molecule has 2 aromatic rings. The lowest BCUT2D eigenvalue weighted by molar-refractivity contribution is 0.276. The molecule has 0 aliphatic carbocycles. The van der Waals surface area contributed by atoms with Crippen LogP contribution in [-0.4, -0.2) is 25.0 Å². The Hall–Kier alpha value is -2.47. The Morgan fingerprint density at radius 3 is 2.32 bits per heavy atom. The van der Waals surface area contributed by atoms with Crippen molar-refractivity contribution in [2.75, 3.05) is 14.2 Å². The van der Waals surface area contributed by atoms with Crippen molar-refractivity contribution in [1.29, 1.82) is 5.41 Å². The Kier molecular flexibility index (Phi) is 6.47. The van der Waals surface area contributed by atoms with E-state index in [1.165, 1.54) is 0 Å². The number of hydrogen-bond donors (Lipinski definition) is 2. The summed E-state index contributed by atoms with van der Waals surface area (Å²) in [5.41, 5.74) is 6.73. The van der Waals surface area contributed by atoms with Crippen molar-refractivity contribution in [2.24, 2.45) is 5.73 Å². The highest BCUT2D eigenvalue weighted by atomic mass is 35.5. The molecule has 2 rings (SSSR count). The minimum atomic E-state index is -0.0925. The lowest BCUT2D eigenvalue weighted by atomic mass is 10.2. The molecule has 0 amide bonds. The summed E-state index contributed by atoms with van der Waals surface area (Å²) in [6, 6.07) is 8.87. The maximum atomic E-state index is 7.52. The molecule has 118 valence electrons. The summed E-state index contributed by atoms with van der Waals surface area (Å²) in [6.45, 7) is 0.199. The highest BCUT2D eigenvalue weighted by molar-refractivity contribution is 5.96. The van der Waals surface area contributed by atoms with Crippen LogP contribution in [0.1, 0.15) is 11.1 Å². The third-order valence-corrected chi connectivity index (χ3v) is 2.94. The first-order chi connectivity index (χ1) is 10.2. The van der Waals surface area contributed by atoms with Gasteiger partial charge in [0.15, 0.2) is 0 Å².